The lowest BCUT2D eigenvalue weighted by atomic mass is 10.2. The first-order valence-corrected chi connectivity index (χ1v) is 10.3. The molecule has 0 aliphatic carbocycles. The van der Waals surface area contributed by atoms with Crippen molar-refractivity contribution in [3.05, 3.63) is 89.3 Å². The third kappa shape index (κ3) is 3.37. The molecule has 0 aliphatic heterocycles. The highest BCUT2D eigenvalue weighted by Gasteiger charge is 2.14. The first kappa shape index (κ1) is 17.9. The van der Waals surface area contributed by atoms with Gasteiger partial charge in [-0.2, -0.15) is 10.2 Å². The van der Waals surface area contributed by atoms with E-state index in [1.165, 1.54) is 18.2 Å². The Morgan fingerprint density at radius 1 is 0.857 bits per heavy atom. The van der Waals surface area contributed by atoms with E-state index in [9.17, 15) is 13.2 Å². The molecule has 28 heavy (non-hydrogen) atoms. The van der Waals surface area contributed by atoms with Crippen LogP contribution in [0.2, 0.25) is 0 Å². The SMILES string of the molecule is CS(=O)(=O)c1ccc(-n2nccc2-c2nn(-c3ccccc3)ccc2=O)cc1. The lowest BCUT2D eigenvalue weighted by molar-refractivity contribution is 0.602. The van der Waals surface area contributed by atoms with Crippen molar-refractivity contribution in [2.45, 2.75) is 4.90 Å². The van der Waals surface area contributed by atoms with E-state index in [2.05, 4.69) is 10.2 Å². The van der Waals surface area contributed by atoms with Gasteiger partial charge >= 0.3 is 0 Å². The number of aromatic nitrogens is 4. The van der Waals surface area contributed by atoms with E-state index in [1.54, 1.807) is 40.0 Å². The maximum atomic E-state index is 12.5. The Labute approximate surface area is 161 Å². The highest BCUT2D eigenvalue weighted by molar-refractivity contribution is 7.90. The molecule has 0 radical (unpaired) electrons. The second-order valence-electron chi connectivity index (χ2n) is 6.20. The molecule has 0 amide bonds. The predicted molar refractivity (Wildman–Crippen MR) is 106 cm³/mol. The fourth-order valence-corrected chi connectivity index (χ4v) is 3.46. The summed E-state index contributed by atoms with van der Waals surface area (Å²) in [6, 6.07) is 18.9. The molecule has 0 atom stereocenters. The summed E-state index contributed by atoms with van der Waals surface area (Å²) in [5.41, 5.74) is 1.98. The van der Waals surface area contributed by atoms with Crippen molar-refractivity contribution in [2.75, 3.05) is 6.26 Å². The Hall–Kier alpha value is -3.52. The Morgan fingerprint density at radius 3 is 2.25 bits per heavy atom. The minimum absolute atomic E-state index is 0.217. The molecule has 7 nitrogen and oxygen atoms in total. The van der Waals surface area contributed by atoms with Crippen molar-refractivity contribution in [2.24, 2.45) is 0 Å². The van der Waals surface area contributed by atoms with Crippen LogP contribution in [0, 0.1) is 0 Å². The third-order valence-electron chi connectivity index (χ3n) is 4.22. The van der Waals surface area contributed by atoms with Crippen molar-refractivity contribution in [1.82, 2.24) is 19.6 Å². The Bertz CT molecular complexity index is 1290. The van der Waals surface area contributed by atoms with Gasteiger partial charge in [-0.25, -0.2) is 17.8 Å². The fraction of sp³-hybridized carbons (Fsp3) is 0.0500. The van der Waals surface area contributed by atoms with Gasteiger partial charge in [0.2, 0.25) is 5.43 Å². The summed E-state index contributed by atoms with van der Waals surface area (Å²) in [4.78, 5) is 12.7. The van der Waals surface area contributed by atoms with Crippen LogP contribution in [0.4, 0.5) is 0 Å². The van der Waals surface area contributed by atoms with Gasteiger partial charge in [-0.05, 0) is 42.5 Å². The summed E-state index contributed by atoms with van der Waals surface area (Å²) in [6.45, 7) is 0. The minimum Gasteiger partial charge on any atom is -0.287 e. The van der Waals surface area contributed by atoms with Crippen molar-refractivity contribution in [3.8, 4) is 22.8 Å². The van der Waals surface area contributed by atoms with Gasteiger partial charge in [0, 0.05) is 18.5 Å². The number of nitrogens with zero attached hydrogens (tertiary/aromatic N) is 4. The molecule has 0 unspecified atom stereocenters. The van der Waals surface area contributed by atoms with Crippen molar-refractivity contribution in [1.29, 1.82) is 0 Å². The summed E-state index contributed by atoms with van der Waals surface area (Å²) in [6.07, 6.45) is 4.34. The molecule has 0 spiro atoms. The molecule has 4 aromatic rings. The van der Waals surface area contributed by atoms with Crippen molar-refractivity contribution in [3.63, 3.8) is 0 Å². The van der Waals surface area contributed by atoms with Crippen LogP contribution in [0.15, 0.2) is 88.8 Å². The van der Waals surface area contributed by atoms with Crippen LogP contribution in [-0.2, 0) is 9.84 Å². The van der Waals surface area contributed by atoms with Gasteiger partial charge in [0.15, 0.2) is 15.5 Å². The Morgan fingerprint density at radius 2 is 1.57 bits per heavy atom. The number of para-hydroxylation sites is 1. The Balaban J connectivity index is 1.81. The van der Waals surface area contributed by atoms with Gasteiger partial charge < -0.3 is 0 Å². The molecule has 0 bridgehead atoms. The second kappa shape index (κ2) is 6.90. The van der Waals surface area contributed by atoms with Crippen molar-refractivity contribution < 1.29 is 8.42 Å². The zero-order chi connectivity index (χ0) is 19.7. The van der Waals surface area contributed by atoms with Gasteiger partial charge in [0.1, 0.15) is 0 Å². The largest absolute Gasteiger partial charge is 0.287 e. The van der Waals surface area contributed by atoms with E-state index in [0.29, 0.717) is 11.4 Å². The normalized spacial score (nSPS) is 11.5. The van der Waals surface area contributed by atoms with Crippen LogP contribution in [-0.4, -0.2) is 34.2 Å². The first-order chi connectivity index (χ1) is 13.4. The topological polar surface area (TPSA) is 86.8 Å². The Kier molecular flexibility index (Phi) is 4.40. The van der Waals surface area contributed by atoms with Crippen molar-refractivity contribution >= 4 is 9.84 Å². The lowest BCUT2D eigenvalue weighted by Gasteiger charge is -2.10. The summed E-state index contributed by atoms with van der Waals surface area (Å²) in [7, 11) is -3.29. The number of sulfone groups is 1. The molecule has 0 fully saturated rings. The minimum atomic E-state index is -3.29. The van der Waals surface area contributed by atoms with Gasteiger partial charge in [-0.15, -0.1) is 0 Å². The molecular weight excluding hydrogens is 376 g/mol. The van der Waals surface area contributed by atoms with E-state index in [0.717, 1.165) is 11.9 Å². The van der Waals surface area contributed by atoms with Gasteiger partial charge in [-0.3, -0.25) is 4.79 Å². The standard InChI is InChI=1S/C20H16N4O3S/c1-28(26,27)17-9-7-16(8-10-17)24-18(11-13-21-24)20-19(25)12-14-23(22-20)15-5-3-2-4-6-15/h2-14H,1H3. The van der Waals surface area contributed by atoms with Crippen LogP contribution in [0.5, 0.6) is 0 Å². The summed E-state index contributed by atoms with van der Waals surface area (Å²) in [5.74, 6) is 0. The van der Waals surface area contributed by atoms with Crippen LogP contribution in [0.3, 0.4) is 0 Å². The molecule has 2 heterocycles. The lowest BCUT2D eigenvalue weighted by Crippen LogP contribution is -2.14. The maximum absolute atomic E-state index is 12.5. The van der Waals surface area contributed by atoms with Crippen LogP contribution in [0.1, 0.15) is 0 Å². The highest BCUT2D eigenvalue weighted by Crippen LogP contribution is 2.20. The molecule has 2 aromatic carbocycles. The summed E-state index contributed by atoms with van der Waals surface area (Å²) >= 11 is 0. The second-order valence-corrected chi connectivity index (χ2v) is 8.22. The van der Waals surface area contributed by atoms with E-state index >= 15 is 0 Å². The van der Waals surface area contributed by atoms with E-state index in [4.69, 9.17) is 0 Å². The van der Waals surface area contributed by atoms with Crippen LogP contribution < -0.4 is 5.43 Å². The zero-order valence-electron chi connectivity index (χ0n) is 14.9. The number of rotatable bonds is 4. The monoisotopic (exact) mass is 392 g/mol. The molecule has 0 saturated carbocycles. The fourth-order valence-electron chi connectivity index (χ4n) is 2.83. The van der Waals surface area contributed by atoms with E-state index in [1.807, 2.05) is 30.3 Å². The number of hydrogen-bond acceptors (Lipinski definition) is 5. The molecule has 2 aromatic heterocycles. The molecule has 8 heteroatoms. The molecule has 0 N–H and O–H groups in total. The van der Waals surface area contributed by atoms with E-state index in [-0.39, 0.29) is 16.0 Å². The van der Waals surface area contributed by atoms with Crippen LogP contribution in [0.25, 0.3) is 22.8 Å². The summed E-state index contributed by atoms with van der Waals surface area (Å²) in [5, 5.41) is 8.75. The molecule has 4 rings (SSSR count). The average molecular weight is 392 g/mol. The van der Waals surface area contributed by atoms with E-state index < -0.39 is 9.84 Å². The van der Waals surface area contributed by atoms with Crippen LogP contribution >= 0.6 is 0 Å². The zero-order valence-corrected chi connectivity index (χ0v) is 15.7. The highest BCUT2D eigenvalue weighted by atomic mass is 32.2. The van der Waals surface area contributed by atoms with Gasteiger partial charge in [0.05, 0.1) is 28.2 Å². The molecule has 0 aliphatic rings. The maximum Gasteiger partial charge on any atom is 0.209 e. The number of benzene rings is 2. The smallest absolute Gasteiger partial charge is 0.209 e. The average Bonchev–Trinajstić information content (AvgIpc) is 3.18. The first-order valence-electron chi connectivity index (χ1n) is 8.44. The molecular formula is C20H16N4O3S. The third-order valence-corrected chi connectivity index (χ3v) is 5.35. The van der Waals surface area contributed by atoms with Gasteiger partial charge in [-0.1, -0.05) is 18.2 Å². The summed E-state index contributed by atoms with van der Waals surface area (Å²) < 4.78 is 26.5. The van der Waals surface area contributed by atoms with Gasteiger partial charge in [0.25, 0.3) is 0 Å². The quantitative estimate of drug-likeness (QED) is 0.533. The predicted octanol–water partition coefficient (Wildman–Crippen LogP) is 2.49. The molecule has 140 valence electrons. The molecule has 0 saturated heterocycles. The number of hydrogen-bond donors (Lipinski definition) is 0.